The maximum Gasteiger partial charge on any atom is 0.673 e. The fourth-order valence-electron chi connectivity index (χ4n) is 10.7. The molecule has 12 aromatic rings. The van der Waals surface area contributed by atoms with Gasteiger partial charge in [0.1, 0.15) is 0 Å². The van der Waals surface area contributed by atoms with Crippen LogP contribution in [-0.2, 0) is 40.8 Å². The molecule has 0 nitrogen and oxygen atoms in total. The van der Waals surface area contributed by atoms with E-state index in [-0.39, 0.29) is 40.8 Å². The van der Waals surface area contributed by atoms with Gasteiger partial charge in [-0.25, -0.2) is 0 Å². The zero-order valence-electron chi connectivity index (χ0n) is 55.7. The first kappa shape index (κ1) is 80.7. The summed E-state index contributed by atoms with van der Waals surface area (Å²) in [5.74, 6) is 3.52. The van der Waals surface area contributed by atoms with Crippen LogP contribution in [0.15, 0.2) is 364 Å². The fraction of sp³-hybridized carbons (Fsp3) is 0.133. The Morgan fingerprint density at radius 3 is 0.351 bits per heavy atom. The quantitative estimate of drug-likeness (QED) is 0.0456. The molecule has 0 atom stereocenters. The van der Waals surface area contributed by atoms with E-state index in [9.17, 15) is 17.3 Å². The third-order valence-corrected chi connectivity index (χ3v) is 33.8. The second-order valence-electron chi connectivity index (χ2n) is 24.1. The zero-order valence-corrected chi connectivity index (χ0v) is 65.1. The molecule has 0 fully saturated rings. The molecule has 0 aromatic heterocycles. The Morgan fingerprint density at radius 2 is 0.289 bits per heavy atom. The summed E-state index contributed by atoms with van der Waals surface area (Å²) in [4.78, 5) is 0. The molecular formula is C83H85BF4P7Pd2-. The van der Waals surface area contributed by atoms with E-state index in [0.29, 0.717) is 10.3 Å². The van der Waals surface area contributed by atoms with Crippen LogP contribution in [0.5, 0.6) is 0 Å². The van der Waals surface area contributed by atoms with E-state index in [1.54, 1.807) is 0 Å². The van der Waals surface area contributed by atoms with Crippen LogP contribution in [0.2, 0.25) is 0 Å². The van der Waals surface area contributed by atoms with Crippen LogP contribution in [0.1, 0.15) is 41.5 Å². The SMILES string of the molecule is CC(C)(C)PC(C)(C)C.F[B-](F)(F)F.[Pd].[Pd].c1ccc(P(CP(c2ccccc2)c2ccccc2)c2ccccc2)cc1.c1ccc(P(CP(c2ccccc2)c2ccccc2)c2ccccc2)cc1.c1ccc(P(CP(c2ccccc2)c2ccccc2)c2ccccc2)cc1. The van der Waals surface area contributed by atoms with Gasteiger partial charge >= 0.3 is 7.25 Å². The minimum atomic E-state index is -6.00. The van der Waals surface area contributed by atoms with Crippen molar-refractivity contribution >= 4 is 127 Å². The molecule has 0 heterocycles. The summed E-state index contributed by atoms with van der Waals surface area (Å²) in [6, 6.07) is 132. The van der Waals surface area contributed by atoms with Gasteiger partial charge in [0.15, 0.2) is 0 Å². The first-order valence-corrected chi connectivity index (χ1v) is 42.0. The molecule has 0 saturated carbocycles. The Labute approximate surface area is 613 Å². The van der Waals surface area contributed by atoms with Crippen molar-refractivity contribution in [1.29, 1.82) is 0 Å². The zero-order chi connectivity index (χ0) is 67.1. The number of rotatable bonds is 18. The molecule has 0 unspecified atom stereocenters. The minimum absolute atomic E-state index is 0. The van der Waals surface area contributed by atoms with Gasteiger partial charge in [-0.15, -0.1) is 8.58 Å². The van der Waals surface area contributed by atoms with E-state index in [2.05, 4.69) is 406 Å². The third-order valence-electron chi connectivity index (χ3n) is 14.4. The minimum Gasteiger partial charge on any atom is -0.418 e. The fourth-order valence-corrected chi connectivity index (χ4v) is 32.4. The van der Waals surface area contributed by atoms with Crippen molar-refractivity contribution in [2.24, 2.45) is 0 Å². The van der Waals surface area contributed by atoms with Gasteiger partial charge in [0.05, 0.1) is 0 Å². The molecule has 0 amide bonds. The van der Waals surface area contributed by atoms with Gasteiger partial charge in [-0.3, -0.25) is 0 Å². The van der Waals surface area contributed by atoms with Gasteiger partial charge < -0.3 is 17.3 Å². The first-order chi connectivity index (χ1) is 46.0. The van der Waals surface area contributed by atoms with E-state index in [0.717, 1.165) is 8.58 Å². The molecule has 0 spiro atoms. The van der Waals surface area contributed by atoms with E-state index in [1.165, 1.54) is 81.4 Å². The number of hydrogen-bond acceptors (Lipinski definition) is 0. The summed E-state index contributed by atoms with van der Waals surface area (Å²) in [6.07, 6.45) is 0. The van der Waals surface area contributed by atoms with E-state index >= 15 is 0 Å². The number of halogens is 4. The van der Waals surface area contributed by atoms with Crippen LogP contribution in [-0.4, -0.2) is 35.3 Å². The van der Waals surface area contributed by atoms with Gasteiger partial charge in [-0.1, -0.05) is 406 Å². The van der Waals surface area contributed by atoms with Crippen molar-refractivity contribution < 1.29 is 58.1 Å². The van der Waals surface area contributed by atoms with Gasteiger partial charge in [0, 0.05) is 58.6 Å². The van der Waals surface area contributed by atoms with Crippen molar-refractivity contribution in [3.8, 4) is 0 Å². The van der Waals surface area contributed by atoms with Crippen molar-refractivity contribution in [1.82, 2.24) is 0 Å². The van der Waals surface area contributed by atoms with E-state index < -0.39 is 54.8 Å². The van der Waals surface area contributed by atoms with Crippen LogP contribution in [0.4, 0.5) is 17.3 Å². The predicted octanol–water partition coefficient (Wildman–Crippen LogP) is 20.2. The molecule has 14 heteroatoms. The molecule has 12 aromatic carbocycles. The molecule has 0 aliphatic rings. The molecule has 0 aliphatic carbocycles. The molecular weight excluding hydrogens is 1510 g/mol. The Kier molecular flexibility index (Phi) is 35.6. The van der Waals surface area contributed by atoms with Crippen molar-refractivity contribution in [2.75, 3.05) is 17.7 Å². The third kappa shape index (κ3) is 29.1. The molecule has 0 radical (unpaired) electrons. The summed E-state index contributed by atoms with van der Waals surface area (Å²) < 4.78 is 39.0. The second-order valence-corrected chi connectivity index (χ2v) is 42.1. The largest absolute Gasteiger partial charge is 0.673 e. The summed E-state index contributed by atoms with van der Waals surface area (Å²) in [5, 5.41) is 18.5. The normalized spacial score (nSPS) is 11.1. The van der Waals surface area contributed by atoms with E-state index in [4.69, 9.17) is 0 Å². The predicted molar refractivity (Wildman–Crippen MR) is 427 cm³/mol. The van der Waals surface area contributed by atoms with Crippen molar-refractivity contribution in [2.45, 2.75) is 51.9 Å². The van der Waals surface area contributed by atoms with Gasteiger partial charge in [0.2, 0.25) is 0 Å². The van der Waals surface area contributed by atoms with Crippen molar-refractivity contribution in [3.05, 3.63) is 364 Å². The molecule has 0 bridgehead atoms. The van der Waals surface area contributed by atoms with E-state index in [1.807, 2.05) is 0 Å². The second kappa shape index (κ2) is 42.8. The summed E-state index contributed by atoms with van der Waals surface area (Å²) in [5.41, 5.74) is 0. The Morgan fingerprint density at radius 1 is 0.206 bits per heavy atom. The standard InChI is InChI=1S/3C25H22P2.C8H19P.BF4.2Pd/c3*1-5-13-22(14-6-1)26(23-15-7-2-8-16-23)21-27(24-17-9-3-10-18-24)25-19-11-4-12-20-25;1-7(2,3)9-8(4,5)6;2-1(3,4)5;;/h3*1-20H,21H2;9H,1-6H3;;;/q;;;;-1;;. The van der Waals surface area contributed by atoms with Crippen LogP contribution < -0.4 is 63.7 Å². The average molecular weight is 1600 g/mol. The molecule has 0 aliphatic heterocycles. The molecule has 0 saturated heterocycles. The first-order valence-electron chi connectivity index (χ1n) is 31.9. The summed E-state index contributed by atoms with van der Waals surface area (Å²) >= 11 is 0. The summed E-state index contributed by atoms with van der Waals surface area (Å²) in [6.45, 7) is 13.8. The maximum absolute atomic E-state index is 9.75. The monoisotopic (exact) mass is 1600 g/mol. The number of hydrogen-bond donors (Lipinski definition) is 0. The van der Waals surface area contributed by atoms with Gasteiger partial charge in [0.25, 0.3) is 0 Å². The van der Waals surface area contributed by atoms with Gasteiger partial charge in [-0.2, -0.15) is 0 Å². The molecule has 97 heavy (non-hydrogen) atoms. The van der Waals surface area contributed by atoms with Crippen LogP contribution >= 0.6 is 56.1 Å². The summed E-state index contributed by atoms with van der Waals surface area (Å²) in [7, 11) is -7.40. The molecule has 0 N–H and O–H groups in total. The molecule has 12 rings (SSSR count). The van der Waals surface area contributed by atoms with Crippen molar-refractivity contribution in [3.63, 3.8) is 0 Å². The molecule has 504 valence electrons. The Bertz CT molecular complexity index is 3090. The van der Waals surface area contributed by atoms with Crippen LogP contribution in [0.25, 0.3) is 0 Å². The average Bonchev–Trinajstić information content (AvgIpc) is 0.866. The maximum atomic E-state index is 9.75. The Balaban J connectivity index is 0.000000207. The van der Waals surface area contributed by atoms with Gasteiger partial charge in [-0.05, 0) is 121 Å². The Hall–Kier alpha value is -5.24. The van der Waals surface area contributed by atoms with Crippen LogP contribution in [0, 0.1) is 0 Å². The number of benzene rings is 12. The topological polar surface area (TPSA) is 0 Å². The smallest absolute Gasteiger partial charge is 0.418 e. The van der Waals surface area contributed by atoms with Crippen LogP contribution in [0.3, 0.4) is 0 Å².